The molecule has 0 radical (unpaired) electrons. The number of hydrogen-bond acceptors (Lipinski definition) is 4. The van der Waals surface area contributed by atoms with Gasteiger partial charge in [-0.2, -0.15) is 0 Å². The van der Waals surface area contributed by atoms with E-state index in [0.717, 1.165) is 12.8 Å². The molecule has 1 aliphatic heterocycles. The number of ether oxygens (including phenoxy) is 2. The summed E-state index contributed by atoms with van der Waals surface area (Å²) in [5, 5.41) is 0.127. The van der Waals surface area contributed by atoms with Crippen molar-refractivity contribution in [3.05, 3.63) is 10.2 Å². The van der Waals surface area contributed by atoms with Crippen LogP contribution < -0.4 is 0 Å². The van der Waals surface area contributed by atoms with E-state index in [4.69, 9.17) is 13.9 Å². The summed E-state index contributed by atoms with van der Waals surface area (Å²) in [6.45, 7) is 16.8. The van der Waals surface area contributed by atoms with Gasteiger partial charge in [0.05, 0.1) is 24.7 Å². The molecule has 0 bridgehead atoms. The third-order valence-corrected chi connectivity index (χ3v) is 9.75. The molecule has 0 saturated carbocycles. The molecule has 1 aliphatic rings. The second-order valence-corrected chi connectivity index (χ2v) is 14.8. The zero-order valence-corrected chi connectivity index (χ0v) is 20.2. The van der Waals surface area contributed by atoms with Gasteiger partial charge in [-0.1, -0.05) is 43.4 Å². The Morgan fingerprint density at radius 3 is 2.28 bits per heavy atom. The van der Waals surface area contributed by atoms with Gasteiger partial charge in [-0.25, -0.2) is 0 Å². The van der Waals surface area contributed by atoms with E-state index in [0.29, 0.717) is 0 Å². The summed E-state index contributed by atoms with van der Waals surface area (Å²) >= 11 is 2.20. The molecule has 0 unspecified atom stereocenters. The highest BCUT2D eigenvalue weighted by molar-refractivity contribution is 14.1. The minimum absolute atomic E-state index is 0.0450. The fourth-order valence-electron chi connectivity index (χ4n) is 2.53. The van der Waals surface area contributed by atoms with Crippen LogP contribution in [-0.2, 0) is 18.7 Å². The fourth-order valence-corrected chi connectivity index (χ4v) is 4.38. The minimum atomic E-state index is -1.92. The van der Waals surface area contributed by atoms with E-state index in [1.54, 1.807) is 0 Å². The van der Waals surface area contributed by atoms with Crippen LogP contribution in [-0.4, -0.2) is 38.2 Å². The van der Waals surface area contributed by atoms with Gasteiger partial charge in [0.15, 0.2) is 8.32 Å². The second-order valence-electron chi connectivity index (χ2n) is 9.32. The summed E-state index contributed by atoms with van der Waals surface area (Å²) in [7, 11) is -1.92. The Morgan fingerprint density at radius 1 is 1.20 bits per heavy atom. The number of halogens is 1. The van der Waals surface area contributed by atoms with Gasteiger partial charge >= 0.3 is 5.97 Å². The lowest BCUT2D eigenvalue weighted by Gasteiger charge is -2.44. The lowest BCUT2D eigenvalue weighted by atomic mass is 9.99. The second kappa shape index (κ2) is 8.84. The van der Waals surface area contributed by atoms with Gasteiger partial charge in [0.1, 0.15) is 5.60 Å². The molecule has 1 saturated heterocycles. The van der Waals surface area contributed by atoms with Crippen molar-refractivity contribution in [2.24, 2.45) is 0 Å². The summed E-state index contributed by atoms with van der Waals surface area (Å²) < 4.78 is 20.3. The molecule has 25 heavy (non-hydrogen) atoms. The van der Waals surface area contributed by atoms with Crippen molar-refractivity contribution in [2.45, 2.75) is 103 Å². The standard InChI is InChI=1S/C19H35IO4Si/c1-18(2,3)23-17(21)13-16-15(10-9-14(22-16)11-12-20)24-25(7,8)19(4,5)6/h11-12,14-16H,9-10,13H2,1-8H3/b12-11+/t14-,15+,16-/m1/s1. The fraction of sp³-hybridized carbons (Fsp3) is 0.842. The monoisotopic (exact) mass is 482 g/mol. The first-order valence-corrected chi connectivity index (χ1v) is 13.2. The van der Waals surface area contributed by atoms with Crippen LogP contribution in [0.1, 0.15) is 60.8 Å². The maximum absolute atomic E-state index is 12.3. The summed E-state index contributed by atoms with van der Waals surface area (Å²) in [5.41, 5.74) is -0.483. The number of carbonyl (C=O) groups is 1. The molecule has 0 amide bonds. The number of esters is 1. The van der Waals surface area contributed by atoms with Crippen molar-refractivity contribution in [3.8, 4) is 0 Å². The molecule has 3 atom stereocenters. The van der Waals surface area contributed by atoms with Crippen LogP contribution in [0.3, 0.4) is 0 Å². The van der Waals surface area contributed by atoms with Crippen LogP contribution >= 0.6 is 22.6 Å². The molecular weight excluding hydrogens is 447 g/mol. The Kier molecular flexibility index (Phi) is 8.18. The minimum Gasteiger partial charge on any atom is -0.460 e. The van der Waals surface area contributed by atoms with E-state index in [-0.39, 0.29) is 35.7 Å². The van der Waals surface area contributed by atoms with Crippen molar-refractivity contribution < 1.29 is 18.7 Å². The molecule has 146 valence electrons. The molecule has 6 heteroatoms. The summed E-state index contributed by atoms with van der Waals surface area (Å²) in [4.78, 5) is 12.3. The molecule has 4 nitrogen and oxygen atoms in total. The average molecular weight is 482 g/mol. The van der Waals surface area contributed by atoms with E-state index in [9.17, 15) is 4.79 Å². The van der Waals surface area contributed by atoms with Gasteiger partial charge in [-0.15, -0.1) is 0 Å². The van der Waals surface area contributed by atoms with Gasteiger partial charge in [-0.3, -0.25) is 4.79 Å². The third kappa shape index (κ3) is 7.68. The highest BCUT2D eigenvalue weighted by Crippen LogP contribution is 2.39. The Hall–Kier alpha value is 0.0769. The SMILES string of the molecule is CC(C)(C)OC(=O)C[C@H]1O[C@@H](/C=C/I)CC[C@@H]1O[Si](C)(C)C(C)(C)C. The quantitative estimate of drug-likeness (QED) is 0.291. The Morgan fingerprint density at radius 2 is 1.80 bits per heavy atom. The summed E-state index contributed by atoms with van der Waals surface area (Å²) in [6, 6.07) is 0. The van der Waals surface area contributed by atoms with Gasteiger partial charge in [-0.05, 0) is 61.9 Å². The number of carbonyl (C=O) groups excluding carboxylic acids is 1. The van der Waals surface area contributed by atoms with Crippen LogP contribution in [0.4, 0.5) is 0 Å². The molecule has 0 aromatic carbocycles. The molecule has 1 rings (SSSR count). The molecule has 1 heterocycles. The Bertz CT molecular complexity index is 477. The maximum Gasteiger partial charge on any atom is 0.309 e. The molecular formula is C19H35IO4Si. The predicted molar refractivity (Wildman–Crippen MR) is 114 cm³/mol. The molecule has 0 spiro atoms. The molecule has 0 aromatic heterocycles. The Balaban J connectivity index is 2.88. The van der Waals surface area contributed by atoms with Gasteiger partial charge in [0, 0.05) is 0 Å². The lowest BCUT2D eigenvalue weighted by molar-refractivity contribution is -0.164. The smallest absolute Gasteiger partial charge is 0.309 e. The van der Waals surface area contributed by atoms with Crippen LogP contribution in [0.5, 0.6) is 0 Å². The van der Waals surface area contributed by atoms with Crippen molar-refractivity contribution in [3.63, 3.8) is 0 Å². The molecule has 0 aromatic rings. The van der Waals surface area contributed by atoms with E-state index in [2.05, 4.69) is 56.5 Å². The number of rotatable bonds is 5. The van der Waals surface area contributed by atoms with Crippen molar-refractivity contribution in [1.82, 2.24) is 0 Å². The van der Waals surface area contributed by atoms with Crippen LogP contribution in [0.25, 0.3) is 0 Å². The van der Waals surface area contributed by atoms with Gasteiger partial charge in [0.25, 0.3) is 0 Å². The first kappa shape index (κ1) is 23.1. The van der Waals surface area contributed by atoms with E-state index < -0.39 is 13.9 Å². The molecule has 0 aliphatic carbocycles. The Labute approximate surface area is 168 Å². The molecule has 1 fully saturated rings. The van der Waals surface area contributed by atoms with Crippen LogP contribution in [0.2, 0.25) is 18.1 Å². The highest BCUT2D eigenvalue weighted by Gasteiger charge is 2.43. The van der Waals surface area contributed by atoms with Crippen molar-refractivity contribution in [2.75, 3.05) is 0 Å². The largest absolute Gasteiger partial charge is 0.460 e. The van der Waals surface area contributed by atoms with Crippen LogP contribution in [0, 0.1) is 0 Å². The van der Waals surface area contributed by atoms with Crippen LogP contribution in [0.15, 0.2) is 10.2 Å². The van der Waals surface area contributed by atoms with Crippen molar-refractivity contribution >= 4 is 36.9 Å². The van der Waals surface area contributed by atoms with E-state index in [1.807, 2.05) is 30.9 Å². The zero-order chi connectivity index (χ0) is 19.5. The summed E-state index contributed by atoms with van der Waals surface area (Å²) in [6.07, 6.45) is 3.86. The topological polar surface area (TPSA) is 44.8 Å². The van der Waals surface area contributed by atoms with E-state index >= 15 is 0 Å². The lowest BCUT2D eigenvalue weighted by Crippen LogP contribution is -2.50. The van der Waals surface area contributed by atoms with Crippen molar-refractivity contribution in [1.29, 1.82) is 0 Å². The first-order valence-electron chi connectivity index (χ1n) is 9.07. The third-order valence-electron chi connectivity index (χ3n) is 4.83. The maximum atomic E-state index is 12.3. The number of hydrogen-bond donors (Lipinski definition) is 0. The average Bonchev–Trinajstić information content (AvgIpc) is 2.38. The van der Waals surface area contributed by atoms with Gasteiger partial charge in [0.2, 0.25) is 0 Å². The van der Waals surface area contributed by atoms with E-state index in [1.165, 1.54) is 0 Å². The first-order chi connectivity index (χ1) is 11.2. The molecule has 0 N–H and O–H groups in total. The van der Waals surface area contributed by atoms with Gasteiger partial charge < -0.3 is 13.9 Å². The summed E-state index contributed by atoms with van der Waals surface area (Å²) in [5.74, 6) is -0.222. The zero-order valence-electron chi connectivity index (χ0n) is 17.0. The highest BCUT2D eigenvalue weighted by atomic mass is 127. The predicted octanol–water partition coefficient (Wildman–Crippen LogP) is 5.60. The normalized spacial score (nSPS) is 26.0.